The smallest absolute Gasteiger partial charge is 0.239 e. The molecule has 1 aliphatic heterocycles. The standard InChI is InChI=1S/C13H15N5O/c14-12-7-10(16-17-12)9-3-1-2-4-11(9)18-6-5-15-13(19)8-18/h1-4,7H,5-6,8H2,(H,15,19)(H3,14,16,17). The molecule has 0 radical (unpaired) electrons. The van der Waals surface area contributed by atoms with Crippen molar-refractivity contribution < 1.29 is 4.79 Å². The largest absolute Gasteiger partial charge is 0.382 e. The molecule has 1 amide bonds. The molecule has 0 bridgehead atoms. The topological polar surface area (TPSA) is 87.0 Å². The van der Waals surface area contributed by atoms with Gasteiger partial charge in [-0.2, -0.15) is 5.10 Å². The van der Waals surface area contributed by atoms with Crippen molar-refractivity contribution in [1.29, 1.82) is 0 Å². The van der Waals surface area contributed by atoms with E-state index in [0.717, 1.165) is 23.5 Å². The maximum Gasteiger partial charge on any atom is 0.239 e. The van der Waals surface area contributed by atoms with E-state index in [2.05, 4.69) is 20.4 Å². The van der Waals surface area contributed by atoms with Gasteiger partial charge in [0.05, 0.1) is 12.2 Å². The number of aromatic nitrogens is 2. The van der Waals surface area contributed by atoms with Crippen LogP contribution in [0.1, 0.15) is 0 Å². The Morgan fingerprint density at radius 3 is 2.89 bits per heavy atom. The maximum atomic E-state index is 11.5. The highest BCUT2D eigenvalue weighted by atomic mass is 16.2. The van der Waals surface area contributed by atoms with E-state index in [9.17, 15) is 4.79 Å². The average Bonchev–Trinajstić information content (AvgIpc) is 2.85. The quantitative estimate of drug-likeness (QED) is 0.735. The molecule has 0 unspecified atom stereocenters. The molecule has 2 heterocycles. The summed E-state index contributed by atoms with van der Waals surface area (Å²) in [4.78, 5) is 13.6. The lowest BCUT2D eigenvalue weighted by Gasteiger charge is -2.30. The summed E-state index contributed by atoms with van der Waals surface area (Å²) < 4.78 is 0. The van der Waals surface area contributed by atoms with Gasteiger partial charge in [-0.25, -0.2) is 0 Å². The molecule has 1 aromatic carbocycles. The Hall–Kier alpha value is -2.50. The van der Waals surface area contributed by atoms with Crippen LogP contribution in [0.25, 0.3) is 11.3 Å². The van der Waals surface area contributed by atoms with Gasteiger partial charge in [-0.05, 0) is 6.07 Å². The lowest BCUT2D eigenvalue weighted by molar-refractivity contribution is -0.120. The van der Waals surface area contributed by atoms with E-state index in [4.69, 9.17) is 5.73 Å². The number of carbonyl (C=O) groups excluding carboxylic acids is 1. The number of hydrogen-bond acceptors (Lipinski definition) is 4. The summed E-state index contributed by atoms with van der Waals surface area (Å²) in [7, 11) is 0. The molecule has 1 fully saturated rings. The first-order valence-corrected chi connectivity index (χ1v) is 6.16. The Balaban J connectivity index is 1.99. The van der Waals surface area contributed by atoms with Gasteiger partial charge in [-0.15, -0.1) is 0 Å². The number of amides is 1. The van der Waals surface area contributed by atoms with Gasteiger partial charge < -0.3 is 16.0 Å². The van der Waals surface area contributed by atoms with Gasteiger partial charge in [-0.1, -0.05) is 18.2 Å². The second-order valence-corrected chi connectivity index (χ2v) is 4.50. The van der Waals surface area contributed by atoms with Crippen molar-refractivity contribution in [3.63, 3.8) is 0 Å². The molecule has 1 aliphatic rings. The summed E-state index contributed by atoms with van der Waals surface area (Å²) in [6, 6.07) is 9.72. The van der Waals surface area contributed by atoms with Crippen molar-refractivity contribution in [1.82, 2.24) is 15.5 Å². The van der Waals surface area contributed by atoms with Crippen LogP contribution in [0, 0.1) is 0 Å². The minimum Gasteiger partial charge on any atom is -0.382 e. The summed E-state index contributed by atoms with van der Waals surface area (Å²) in [5.41, 5.74) is 8.52. The van der Waals surface area contributed by atoms with E-state index in [0.29, 0.717) is 18.9 Å². The Morgan fingerprint density at radius 2 is 2.16 bits per heavy atom. The van der Waals surface area contributed by atoms with Crippen LogP contribution in [0.3, 0.4) is 0 Å². The molecule has 0 saturated carbocycles. The van der Waals surface area contributed by atoms with Crippen LogP contribution in [0.2, 0.25) is 0 Å². The van der Waals surface area contributed by atoms with E-state index in [1.807, 2.05) is 24.3 Å². The van der Waals surface area contributed by atoms with Crippen LogP contribution in [-0.2, 0) is 4.79 Å². The molecular weight excluding hydrogens is 242 g/mol. The van der Waals surface area contributed by atoms with Crippen LogP contribution in [-0.4, -0.2) is 35.7 Å². The summed E-state index contributed by atoms with van der Waals surface area (Å²) >= 11 is 0. The number of carbonyl (C=O) groups is 1. The highest BCUT2D eigenvalue weighted by Crippen LogP contribution is 2.30. The van der Waals surface area contributed by atoms with Crippen LogP contribution in [0.4, 0.5) is 11.5 Å². The fraction of sp³-hybridized carbons (Fsp3) is 0.231. The molecule has 6 heteroatoms. The van der Waals surface area contributed by atoms with Gasteiger partial charge in [0.2, 0.25) is 5.91 Å². The molecule has 0 spiro atoms. The van der Waals surface area contributed by atoms with Crippen molar-refractivity contribution in [3.8, 4) is 11.3 Å². The highest BCUT2D eigenvalue weighted by molar-refractivity contribution is 5.86. The number of para-hydroxylation sites is 1. The summed E-state index contributed by atoms with van der Waals surface area (Å²) in [6.07, 6.45) is 0. The summed E-state index contributed by atoms with van der Waals surface area (Å²) in [5.74, 6) is 0.506. The van der Waals surface area contributed by atoms with Crippen molar-refractivity contribution in [3.05, 3.63) is 30.3 Å². The van der Waals surface area contributed by atoms with Crippen molar-refractivity contribution in [2.24, 2.45) is 0 Å². The predicted octanol–water partition coefficient (Wildman–Crippen LogP) is 0.595. The van der Waals surface area contributed by atoms with E-state index in [1.54, 1.807) is 6.07 Å². The number of aromatic amines is 1. The monoisotopic (exact) mass is 257 g/mol. The third kappa shape index (κ3) is 2.24. The summed E-state index contributed by atoms with van der Waals surface area (Å²) in [5, 5.41) is 9.68. The minimum atomic E-state index is 0.0465. The number of H-pyrrole nitrogens is 1. The Labute approximate surface area is 110 Å². The molecule has 1 aromatic heterocycles. The number of nitrogens with two attached hydrogens (primary N) is 1. The van der Waals surface area contributed by atoms with Gasteiger partial charge in [-0.3, -0.25) is 9.89 Å². The maximum absolute atomic E-state index is 11.5. The molecule has 4 N–H and O–H groups in total. The zero-order chi connectivity index (χ0) is 13.2. The average molecular weight is 257 g/mol. The predicted molar refractivity (Wildman–Crippen MR) is 73.7 cm³/mol. The minimum absolute atomic E-state index is 0.0465. The first-order valence-electron chi connectivity index (χ1n) is 6.16. The van der Waals surface area contributed by atoms with Crippen molar-refractivity contribution in [2.75, 3.05) is 30.3 Å². The molecule has 1 saturated heterocycles. The van der Waals surface area contributed by atoms with Crippen LogP contribution in [0.5, 0.6) is 0 Å². The third-order valence-electron chi connectivity index (χ3n) is 3.17. The van der Waals surface area contributed by atoms with Crippen molar-refractivity contribution >= 4 is 17.4 Å². The van der Waals surface area contributed by atoms with E-state index < -0.39 is 0 Å². The van der Waals surface area contributed by atoms with Crippen LogP contribution >= 0.6 is 0 Å². The molecule has 3 rings (SSSR count). The van der Waals surface area contributed by atoms with Gasteiger partial charge in [0, 0.05) is 30.4 Å². The normalized spacial score (nSPS) is 15.4. The molecular formula is C13H15N5O. The number of nitrogen functional groups attached to an aromatic ring is 1. The van der Waals surface area contributed by atoms with E-state index >= 15 is 0 Å². The highest BCUT2D eigenvalue weighted by Gasteiger charge is 2.19. The van der Waals surface area contributed by atoms with Gasteiger partial charge in [0.1, 0.15) is 5.82 Å². The van der Waals surface area contributed by atoms with E-state index in [1.165, 1.54) is 0 Å². The second kappa shape index (κ2) is 4.64. The number of nitrogens with one attached hydrogen (secondary N) is 2. The number of rotatable bonds is 2. The number of piperazine rings is 1. The van der Waals surface area contributed by atoms with Gasteiger partial charge in [0.25, 0.3) is 0 Å². The number of anilines is 2. The first-order chi connectivity index (χ1) is 9.24. The number of nitrogens with zero attached hydrogens (tertiary/aromatic N) is 2. The Morgan fingerprint density at radius 1 is 1.32 bits per heavy atom. The molecule has 6 nitrogen and oxygen atoms in total. The second-order valence-electron chi connectivity index (χ2n) is 4.50. The SMILES string of the molecule is Nc1cc(-c2ccccc2N2CCNC(=O)C2)[nH]n1. The Bertz CT molecular complexity index is 607. The van der Waals surface area contributed by atoms with Crippen molar-refractivity contribution in [2.45, 2.75) is 0 Å². The molecule has 0 atom stereocenters. The fourth-order valence-electron chi connectivity index (χ4n) is 2.30. The third-order valence-corrected chi connectivity index (χ3v) is 3.17. The lowest BCUT2D eigenvalue weighted by Crippen LogP contribution is -2.47. The zero-order valence-electron chi connectivity index (χ0n) is 10.4. The fourth-order valence-corrected chi connectivity index (χ4v) is 2.30. The van der Waals surface area contributed by atoms with Gasteiger partial charge in [0.15, 0.2) is 0 Å². The van der Waals surface area contributed by atoms with Crippen LogP contribution < -0.4 is 16.0 Å². The lowest BCUT2D eigenvalue weighted by atomic mass is 10.1. The number of benzene rings is 1. The van der Waals surface area contributed by atoms with Gasteiger partial charge >= 0.3 is 0 Å². The molecule has 2 aromatic rings. The Kier molecular flexibility index (Phi) is 2.83. The number of hydrogen-bond donors (Lipinski definition) is 3. The zero-order valence-corrected chi connectivity index (χ0v) is 10.4. The van der Waals surface area contributed by atoms with E-state index in [-0.39, 0.29) is 5.91 Å². The summed E-state index contributed by atoms with van der Waals surface area (Å²) in [6.45, 7) is 1.84. The first kappa shape index (κ1) is 11.6. The molecule has 98 valence electrons. The van der Waals surface area contributed by atoms with Crippen LogP contribution in [0.15, 0.2) is 30.3 Å². The molecule has 19 heavy (non-hydrogen) atoms. The molecule has 0 aliphatic carbocycles.